The molecular formula is C15H13ClN4O2S. The predicted molar refractivity (Wildman–Crippen MR) is 88.2 cm³/mol. The van der Waals surface area contributed by atoms with Gasteiger partial charge in [0.15, 0.2) is 0 Å². The highest BCUT2D eigenvalue weighted by molar-refractivity contribution is 7.92. The zero-order chi connectivity index (χ0) is 16.4. The zero-order valence-electron chi connectivity index (χ0n) is 12.1. The van der Waals surface area contributed by atoms with Gasteiger partial charge in [0.2, 0.25) is 0 Å². The maximum absolute atomic E-state index is 12.3. The van der Waals surface area contributed by atoms with E-state index in [1.54, 1.807) is 36.4 Å². The van der Waals surface area contributed by atoms with E-state index in [0.29, 0.717) is 10.7 Å². The second kappa shape index (κ2) is 6.02. The minimum Gasteiger partial charge on any atom is -0.200 e. The molecule has 8 heteroatoms. The van der Waals surface area contributed by atoms with Gasteiger partial charge in [0.1, 0.15) is 5.69 Å². The lowest BCUT2D eigenvalue weighted by molar-refractivity contribution is 0.590. The van der Waals surface area contributed by atoms with Crippen LogP contribution in [0.2, 0.25) is 5.02 Å². The first kappa shape index (κ1) is 15.5. The van der Waals surface area contributed by atoms with Crippen molar-refractivity contribution >= 4 is 21.6 Å². The van der Waals surface area contributed by atoms with Crippen LogP contribution in [0.4, 0.5) is 0 Å². The number of benzene rings is 2. The third-order valence-electron chi connectivity index (χ3n) is 3.18. The quantitative estimate of drug-likeness (QED) is 0.786. The molecule has 0 radical (unpaired) electrons. The summed E-state index contributed by atoms with van der Waals surface area (Å²) in [7, 11) is -3.72. The number of hydrogen-bond acceptors (Lipinski definition) is 4. The number of halogens is 1. The molecule has 0 saturated heterocycles. The molecule has 1 heterocycles. The number of hydrogen-bond donors (Lipinski definition) is 1. The van der Waals surface area contributed by atoms with Crippen LogP contribution in [-0.4, -0.2) is 23.5 Å². The van der Waals surface area contributed by atoms with Crippen LogP contribution in [0.15, 0.2) is 59.6 Å². The molecule has 0 spiro atoms. The molecule has 2 aromatic carbocycles. The fraction of sp³-hybridized carbons (Fsp3) is 0.0667. The monoisotopic (exact) mass is 348 g/mol. The normalized spacial score (nSPS) is 11.4. The van der Waals surface area contributed by atoms with Crippen molar-refractivity contribution in [3.8, 4) is 11.3 Å². The Labute approximate surface area is 138 Å². The standard InChI is InChI=1S/C15H13ClN4O2S/c1-11-2-8-14(9-3-11)23(21,22)19-20-10-15(17-18-20)12-4-6-13(16)7-5-12/h2-10,19H,1H3. The predicted octanol–water partition coefficient (Wildman–Crippen LogP) is 2.84. The van der Waals surface area contributed by atoms with Gasteiger partial charge in [-0.1, -0.05) is 41.4 Å². The molecule has 0 fully saturated rings. The molecule has 0 aliphatic carbocycles. The molecule has 1 N–H and O–H groups in total. The molecule has 0 amide bonds. The lowest BCUT2D eigenvalue weighted by Gasteiger charge is -2.06. The Morgan fingerprint density at radius 3 is 2.35 bits per heavy atom. The van der Waals surface area contributed by atoms with Gasteiger partial charge in [-0.15, -0.1) is 5.10 Å². The molecule has 118 valence electrons. The highest BCUT2D eigenvalue weighted by Gasteiger charge is 2.15. The topological polar surface area (TPSA) is 76.9 Å². The molecule has 0 aliphatic rings. The van der Waals surface area contributed by atoms with Crippen molar-refractivity contribution in [1.29, 1.82) is 0 Å². The van der Waals surface area contributed by atoms with Gasteiger partial charge in [0.05, 0.1) is 11.1 Å². The van der Waals surface area contributed by atoms with Crippen molar-refractivity contribution in [2.45, 2.75) is 11.8 Å². The van der Waals surface area contributed by atoms with Crippen LogP contribution in [0.25, 0.3) is 11.3 Å². The minimum atomic E-state index is -3.72. The van der Waals surface area contributed by atoms with E-state index in [1.807, 2.05) is 6.92 Å². The Morgan fingerprint density at radius 1 is 1.04 bits per heavy atom. The van der Waals surface area contributed by atoms with Gasteiger partial charge in [-0.3, -0.25) is 0 Å². The summed E-state index contributed by atoms with van der Waals surface area (Å²) in [6.07, 6.45) is 1.50. The summed E-state index contributed by atoms with van der Waals surface area (Å²) in [5.74, 6) is 0. The number of aromatic nitrogens is 3. The van der Waals surface area contributed by atoms with E-state index >= 15 is 0 Å². The summed E-state index contributed by atoms with van der Waals surface area (Å²) in [4.78, 5) is 3.57. The van der Waals surface area contributed by atoms with Crippen LogP contribution in [-0.2, 0) is 10.0 Å². The largest absolute Gasteiger partial charge is 0.276 e. The Hall–Kier alpha value is -2.38. The van der Waals surface area contributed by atoms with Gasteiger partial charge in [-0.2, -0.15) is 18.0 Å². The van der Waals surface area contributed by atoms with Gasteiger partial charge in [0.25, 0.3) is 10.0 Å². The molecule has 1 aromatic heterocycles. The lowest BCUT2D eigenvalue weighted by atomic mass is 10.2. The zero-order valence-corrected chi connectivity index (χ0v) is 13.7. The molecule has 0 saturated carbocycles. The van der Waals surface area contributed by atoms with Crippen LogP contribution in [0.1, 0.15) is 5.56 Å². The summed E-state index contributed by atoms with van der Waals surface area (Å²) in [6.45, 7) is 1.89. The maximum Gasteiger partial charge on any atom is 0.276 e. The smallest absolute Gasteiger partial charge is 0.200 e. The summed E-state index contributed by atoms with van der Waals surface area (Å²) < 4.78 is 24.6. The molecule has 0 unspecified atom stereocenters. The highest BCUT2D eigenvalue weighted by atomic mass is 35.5. The van der Waals surface area contributed by atoms with Gasteiger partial charge in [-0.25, -0.2) is 0 Å². The number of nitrogens with one attached hydrogen (secondary N) is 1. The van der Waals surface area contributed by atoms with Crippen molar-refractivity contribution in [2.24, 2.45) is 0 Å². The maximum atomic E-state index is 12.3. The second-order valence-electron chi connectivity index (χ2n) is 4.96. The van der Waals surface area contributed by atoms with Crippen LogP contribution in [0.5, 0.6) is 0 Å². The molecule has 3 rings (SSSR count). The number of nitrogens with zero attached hydrogens (tertiary/aromatic N) is 3. The van der Waals surface area contributed by atoms with Gasteiger partial charge >= 0.3 is 0 Å². The van der Waals surface area contributed by atoms with Crippen molar-refractivity contribution in [3.05, 3.63) is 65.3 Å². The molecule has 3 aromatic rings. The summed E-state index contributed by atoms with van der Waals surface area (Å²) in [5.41, 5.74) is 2.30. The Kier molecular flexibility index (Phi) is 4.06. The van der Waals surface area contributed by atoms with Crippen LogP contribution < -0.4 is 4.83 Å². The first-order chi connectivity index (χ1) is 10.9. The summed E-state index contributed by atoms with van der Waals surface area (Å²) >= 11 is 5.84. The Balaban J connectivity index is 1.83. The van der Waals surface area contributed by atoms with Crippen LogP contribution in [0.3, 0.4) is 0 Å². The van der Waals surface area contributed by atoms with Gasteiger partial charge in [0, 0.05) is 10.6 Å². The second-order valence-corrected chi connectivity index (χ2v) is 7.06. The third-order valence-corrected chi connectivity index (χ3v) is 4.75. The fourth-order valence-corrected chi connectivity index (χ4v) is 3.02. The van der Waals surface area contributed by atoms with Gasteiger partial charge in [-0.05, 0) is 36.4 Å². The molecule has 6 nitrogen and oxygen atoms in total. The summed E-state index contributed by atoms with van der Waals surface area (Å²) in [5, 5.41) is 8.35. The van der Waals surface area contributed by atoms with E-state index < -0.39 is 10.0 Å². The Morgan fingerprint density at radius 2 is 1.70 bits per heavy atom. The molecule has 0 bridgehead atoms. The number of rotatable bonds is 4. The van der Waals surface area contributed by atoms with Crippen LogP contribution in [0, 0.1) is 6.92 Å². The summed E-state index contributed by atoms with van der Waals surface area (Å²) in [6, 6.07) is 13.6. The third kappa shape index (κ3) is 3.52. The highest BCUT2D eigenvalue weighted by Crippen LogP contribution is 2.19. The number of sulfonamides is 1. The molecule has 0 aliphatic heterocycles. The molecular weight excluding hydrogens is 336 g/mol. The van der Waals surface area contributed by atoms with Gasteiger partial charge < -0.3 is 0 Å². The van der Waals surface area contributed by atoms with Crippen molar-refractivity contribution in [2.75, 3.05) is 4.83 Å². The van der Waals surface area contributed by atoms with E-state index in [1.165, 1.54) is 18.3 Å². The lowest BCUT2D eigenvalue weighted by Crippen LogP contribution is -2.23. The van der Waals surface area contributed by atoms with E-state index in [2.05, 4.69) is 15.1 Å². The number of aryl methyl sites for hydroxylation is 1. The van der Waals surface area contributed by atoms with Crippen molar-refractivity contribution < 1.29 is 8.42 Å². The van der Waals surface area contributed by atoms with Crippen LogP contribution >= 0.6 is 11.6 Å². The van der Waals surface area contributed by atoms with E-state index in [-0.39, 0.29) is 4.90 Å². The average molecular weight is 349 g/mol. The molecule has 0 atom stereocenters. The fourth-order valence-electron chi connectivity index (χ4n) is 1.95. The van der Waals surface area contributed by atoms with Crippen molar-refractivity contribution in [1.82, 2.24) is 15.1 Å². The first-order valence-corrected chi connectivity index (χ1v) is 8.58. The van der Waals surface area contributed by atoms with Crippen molar-refractivity contribution in [3.63, 3.8) is 0 Å². The van der Waals surface area contributed by atoms with E-state index in [0.717, 1.165) is 15.9 Å². The first-order valence-electron chi connectivity index (χ1n) is 6.72. The van der Waals surface area contributed by atoms with E-state index in [9.17, 15) is 8.42 Å². The molecule has 23 heavy (non-hydrogen) atoms. The minimum absolute atomic E-state index is 0.159. The Bertz CT molecular complexity index is 919. The average Bonchev–Trinajstić information content (AvgIpc) is 2.96. The van der Waals surface area contributed by atoms with E-state index in [4.69, 9.17) is 11.6 Å². The SMILES string of the molecule is Cc1ccc(S(=O)(=O)Nn2cc(-c3ccc(Cl)cc3)nn2)cc1.